The van der Waals surface area contributed by atoms with Gasteiger partial charge < -0.3 is 5.32 Å². The molecule has 0 aliphatic rings. The van der Waals surface area contributed by atoms with Crippen molar-refractivity contribution < 1.29 is 0 Å². The molecule has 1 atom stereocenters. The number of aromatic nitrogens is 3. The molecule has 2 heterocycles. The third-order valence-corrected chi connectivity index (χ3v) is 4.24. The zero-order valence-corrected chi connectivity index (χ0v) is 12.3. The molecule has 0 saturated carbocycles. The molecule has 1 N–H and O–H groups in total. The zero-order chi connectivity index (χ0) is 14.7. The second kappa shape index (κ2) is 5.85. The summed E-state index contributed by atoms with van der Waals surface area (Å²) < 4.78 is 0. The van der Waals surface area contributed by atoms with Crippen LogP contribution in [0.15, 0.2) is 35.8 Å². The SMILES string of the molecule is CC(CNc1c(C#N)nnc2ccccc12)c1nccs1. The molecule has 3 aromatic rings. The van der Waals surface area contributed by atoms with E-state index in [1.807, 2.05) is 29.6 Å². The minimum atomic E-state index is 0.267. The predicted molar refractivity (Wildman–Crippen MR) is 83.3 cm³/mol. The van der Waals surface area contributed by atoms with Crippen molar-refractivity contribution in [3.05, 3.63) is 46.5 Å². The van der Waals surface area contributed by atoms with Crippen LogP contribution in [0.1, 0.15) is 23.5 Å². The highest BCUT2D eigenvalue weighted by molar-refractivity contribution is 7.09. The predicted octanol–water partition coefficient (Wildman–Crippen LogP) is 3.17. The quantitative estimate of drug-likeness (QED) is 0.800. The molecular formula is C15H13N5S. The second-order valence-electron chi connectivity index (χ2n) is 4.70. The van der Waals surface area contributed by atoms with Gasteiger partial charge in [0.05, 0.1) is 16.2 Å². The number of hydrogen-bond acceptors (Lipinski definition) is 6. The second-order valence-corrected chi connectivity index (χ2v) is 5.63. The van der Waals surface area contributed by atoms with E-state index in [0.717, 1.165) is 21.6 Å². The first kappa shape index (κ1) is 13.5. The maximum atomic E-state index is 9.22. The van der Waals surface area contributed by atoms with Crippen LogP contribution in [0.5, 0.6) is 0 Å². The monoisotopic (exact) mass is 295 g/mol. The number of hydrogen-bond donors (Lipinski definition) is 1. The van der Waals surface area contributed by atoms with E-state index in [0.29, 0.717) is 12.2 Å². The summed E-state index contributed by atoms with van der Waals surface area (Å²) in [5, 5.41) is 24.6. The zero-order valence-electron chi connectivity index (χ0n) is 11.4. The van der Waals surface area contributed by atoms with Gasteiger partial charge in [0.15, 0.2) is 5.69 Å². The Morgan fingerprint density at radius 3 is 2.95 bits per heavy atom. The largest absolute Gasteiger partial charge is 0.381 e. The third-order valence-electron chi connectivity index (χ3n) is 3.23. The molecule has 6 heteroatoms. The van der Waals surface area contributed by atoms with Crippen molar-refractivity contribution in [3.8, 4) is 6.07 Å². The number of fused-ring (bicyclic) bond motifs is 1. The van der Waals surface area contributed by atoms with Gasteiger partial charge in [-0.05, 0) is 6.07 Å². The number of thiazole rings is 1. The normalized spacial score (nSPS) is 12.0. The molecule has 1 unspecified atom stereocenters. The molecule has 104 valence electrons. The molecule has 1 aromatic carbocycles. The molecule has 0 bridgehead atoms. The van der Waals surface area contributed by atoms with E-state index in [1.165, 1.54) is 0 Å². The van der Waals surface area contributed by atoms with Crippen molar-refractivity contribution in [2.24, 2.45) is 0 Å². The van der Waals surface area contributed by atoms with Gasteiger partial charge in [-0.3, -0.25) is 0 Å². The average molecular weight is 295 g/mol. The van der Waals surface area contributed by atoms with Gasteiger partial charge in [0, 0.05) is 29.4 Å². The van der Waals surface area contributed by atoms with Gasteiger partial charge in [-0.1, -0.05) is 25.1 Å². The summed E-state index contributed by atoms with van der Waals surface area (Å²) >= 11 is 1.64. The lowest BCUT2D eigenvalue weighted by Crippen LogP contribution is -2.12. The summed E-state index contributed by atoms with van der Waals surface area (Å²) in [5.74, 6) is 0.267. The Morgan fingerprint density at radius 2 is 2.19 bits per heavy atom. The smallest absolute Gasteiger partial charge is 0.186 e. The summed E-state index contributed by atoms with van der Waals surface area (Å²) in [4.78, 5) is 4.32. The standard InChI is InChI=1S/C15H13N5S/c1-10(15-17-6-7-21-15)9-18-14-11-4-2-3-5-12(11)19-20-13(14)8-16/h2-7,10H,9H2,1H3,(H,18,19). The van der Waals surface area contributed by atoms with Crippen LogP contribution in [0.4, 0.5) is 5.69 Å². The molecule has 3 rings (SSSR count). The first-order valence-corrected chi connectivity index (χ1v) is 7.46. The van der Waals surface area contributed by atoms with Crippen molar-refractivity contribution in [2.75, 3.05) is 11.9 Å². The van der Waals surface area contributed by atoms with Crippen LogP contribution >= 0.6 is 11.3 Å². The van der Waals surface area contributed by atoms with E-state index in [2.05, 4.69) is 33.5 Å². The minimum Gasteiger partial charge on any atom is -0.381 e. The molecule has 0 radical (unpaired) electrons. The fraction of sp³-hybridized carbons (Fsp3) is 0.200. The molecular weight excluding hydrogens is 282 g/mol. The van der Waals surface area contributed by atoms with Crippen molar-refractivity contribution in [3.63, 3.8) is 0 Å². The van der Waals surface area contributed by atoms with E-state index in [4.69, 9.17) is 0 Å². The Labute approximate surface area is 126 Å². The molecule has 0 aliphatic heterocycles. The molecule has 21 heavy (non-hydrogen) atoms. The maximum absolute atomic E-state index is 9.22. The first-order valence-electron chi connectivity index (χ1n) is 6.58. The Kier molecular flexibility index (Phi) is 3.75. The lowest BCUT2D eigenvalue weighted by atomic mass is 10.1. The topological polar surface area (TPSA) is 74.5 Å². The number of rotatable bonds is 4. The van der Waals surface area contributed by atoms with Crippen LogP contribution in [0.2, 0.25) is 0 Å². The number of anilines is 1. The first-order chi connectivity index (χ1) is 10.3. The van der Waals surface area contributed by atoms with E-state index in [-0.39, 0.29) is 5.92 Å². The van der Waals surface area contributed by atoms with Gasteiger partial charge in [0.2, 0.25) is 0 Å². The van der Waals surface area contributed by atoms with Crippen LogP contribution in [0.3, 0.4) is 0 Å². The van der Waals surface area contributed by atoms with E-state index in [9.17, 15) is 5.26 Å². The van der Waals surface area contributed by atoms with Crippen molar-refractivity contribution in [2.45, 2.75) is 12.8 Å². The fourth-order valence-electron chi connectivity index (χ4n) is 2.13. The molecule has 0 spiro atoms. The van der Waals surface area contributed by atoms with Crippen LogP contribution < -0.4 is 5.32 Å². The molecule has 0 amide bonds. The summed E-state index contributed by atoms with van der Waals surface area (Å²) in [6, 6.07) is 9.77. The number of nitriles is 1. The highest BCUT2D eigenvalue weighted by Gasteiger charge is 2.13. The van der Waals surface area contributed by atoms with Gasteiger partial charge in [0.1, 0.15) is 6.07 Å². The Bertz CT molecular complexity index is 791. The Hall–Kier alpha value is -2.52. The third kappa shape index (κ3) is 2.69. The number of benzene rings is 1. The van der Waals surface area contributed by atoms with Crippen LogP contribution in [0, 0.1) is 11.3 Å². The molecule has 5 nitrogen and oxygen atoms in total. The lowest BCUT2D eigenvalue weighted by molar-refractivity contribution is 0.794. The lowest BCUT2D eigenvalue weighted by Gasteiger charge is -2.13. The Balaban J connectivity index is 1.91. The number of nitrogens with zero attached hydrogens (tertiary/aromatic N) is 4. The van der Waals surface area contributed by atoms with Crippen molar-refractivity contribution in [1.29, 1.82) is 5.26 Å². The van der Waals surface area contributed by atoms with Crippen LogP contribution in [-0.4, -0.2) is 21.7 Å². The average Bonchev–Trinajstić information content (AvgIpc) is 3.06. The summed E-state index contributed by atoms with van der Waals surface area (Å²) in [6.07, 6.45) is 1.81. The number of nitrogens with one attached hydrogen (secondary N) is 1. The highest BCUT2D eigenvalue weighted by Crippen LogP contribution is 2.25. The van der Waals surface area contributed by atoms with Gasteiger partial charge in [-0.15, -0.1) is 21.5 Å². The Morgan fingerprint density at radius 1 is 1.33 bits per heavy atom. The summed E-state index contributed by atoms with van der Waals surface area (Å²) in [5.41, 5.74) is 1.84. The molecule has 0 aliphatic carbocycles. The van der Waals surface area contributed by atoms with Crippen LogP contribution in [-0.2, 0) is 0 Å². The maximum Gasteiger partial charge on any atom is 0.186 e. The molecule has 0 saturated heterocycles. The fourth-order valence-corrected chi connectivity index (χ4v) is 2.83. The summed E-state index contributed by atoms with van der Waals surface area (Å²) in [6.45, 7) is 2.80. The van der Waals surface area contributed by atoms with Gasteiger partial charge >= 0.3 is 0 Å². The van der Waals surface area contributed by atoms with Crippen LogP contribution in [0.25, 0.3) is 10.9 Å². The van der Waals surface area contributed by atoms with Crippen molar-refractivity contribution >= 4 is 27.9 Å². The van der Waals surface area contributed by atoms with E-state index in [1.54, 1.807) is 17.5 Å². The van der Waals surface area contributed by atoms with Crippen molar-refractivity contribution in [1.82, 2.24) is 15.2 Å². The van der Waals surface area contributed by atoms with E-state index >= 15 is 0 Å². The van der Waals surface area contributed by atoms with Gasteiger partial charge in [-0.2, -0.15) is 5.26 Å². The van der Waals surface area contributed by atoms with Gasteiger partial charge in [0.25, 0.3) is 0 Å². The molecule has 2 aromatic heterocycles. The highest BCUT2D eigenvalue weighted by atomic mass is 32.1. The molecule has 0 fully saturated rings. The summed E-state index contributed by atoms with van der Waals surface area (Å²) in [7, 11) is 0. The van der Waals surface area contributed by atoms with E-state index < -0.39 is 0 Å². The minimum absolute atomic E-state index is 0.267. The van der Waals surface area contributed by atoms with Gasteiger partial charge in [-0.25, -0.2) is 4.98 Å².